The molecule has 0 aliphatic carbocycles. The average molecular weight is 568 g/mol. The van der Waals surface area contributed by atoms with E-state index in [2.05, 4.69) is 24.5 Å². The van der Waals surface area contributed by atoms with Crippen LogP contribution in [0, 0.1) is 18.8 Å². The summed E-state index contributed by atoms with van der Waals surface area (Å²) in [7, 11) is 1.58. The number of hydrogen-bond acceptors (Lipinski definition) is 5. The van der Waals surface area contributed by atoms with Gasteiger partial charge in [0.15, 0.2) is 0 Å². The van der Waals surface area contributed by atoms with Gasteiger partial charge in [-0.1, -0.05) is 52.0 Å². The van der Waals surface area contributed by atoms with Gasteiger partial charge in [0.1, 0.15) is 23.4 Å². The van der Waals surface area contributed by atoms with E-state index in [1.807, 2.05) is 52.0 Å². The van der Waals surface area contributed by atoms with Crippen LogP contribution in [0.4, 0.5) is 10.5 Å². The monoisotopic (exact) mass is 567 g/mol. The normalized spacial score (nSPS) is 13.8. The first-order chi connectivity index (χ1) is 19.1. The van der Waals surface area contributed by atoms with Crippen LogP contribution in [0.3, 0.4) is 0 Å². The standard InChI is InChI=1S/C33H49N3O5/c1-21(2)15-16-24(6)36(31(38)28(22(3)4)35-32(39)41-33(7,8)9)29(27-14-12-11-13-23(27)5)30(37)34-25-17-19-26(40-10)20-18-25/h11-14,17-22,24,28-29H,15-16H2,1-10H3,(H,34,37)(H,35,39). The second-order valence-electron chi connectivity index (χ2n) is 12.4. The highest BCUT2D eigenvalue weighted by Crippen LogP contribution is 2.31. The number of anilines is 1. The molecule has 3 amide bonds. The lowest BCUT2D eigenvalue weighted by molar-refractivity contribution is -0.144. The van der Waals surface area contributed by atoms with Gasteiger partial charge in [0.2, 0.25) is 5.91 Å². The number of nitrogens with zero attached hydrogens (tertiary/aromatic N) is 1. The molecule has 0 saturated heterocycles. The molecule has 0 radical (unpaired) electrons. The van der Waals surface area contributed by atoms with Crippen molar-refractivity contribution in [2.75, 3.05) is 12.4 Å². The van der Waals surface area contributed by atoms with E-state index in [-0.39, 0.29) is 23.8 Å². The Labute approximate surface area is 246 Å². The number of ether oxygens (including phenoxy) is 2. The molecule has 3 unspecified atom stereocenters. The van der Waals surface area contributed by atoms with Crippen molar-refractivity contribution in [3.05, 3.63) is 59.7 Å². The largest absolute Gasteiger partial charge is 0.497 e. The lowest BCUT2D eigenvalue weighted by Crippen LogP contribution is -2.56. The van der Waals surface area contributed by atoms with Crippen molar-refractivity contribution in [1.82, 2.24) is 10.2 Å². The van der Waals surface area contributed by atoms with Crippen molar-refractivity contribution in [3.63, 3.8) is 0 Å². The van der Waals surface area contributed by atoms with Crippen LogP contribution in [-0.2, 0) is 14.3 Å². The molecule has 0 bridgehead atoms. The van der Waals surface area contributed by atoms with Crippen molar-refractivity contribution >= 4 is 23.6 Å². The van der Waals surface area contributed by atoms with Gasteiger partial charge < -0.3 is 25.0 Å². The van der Waals surface area contributed by atoms with Crippen LogP contribution in [0.15, 0.2) is 48.5 Å². The summed E-state index contributed by atoms with van der Waals surface area (Å²) in [4.78, 5) is 43.1. The molecule has 2 aromatic rings. The van der Waals surface area contributed by atoms with Gasteiger partial charge in [-0.05, 0) is 94.7 Å². The fourth-order valence-corrected chi connectivity index (χ4v) is 4.62. The number of aryl methyl sites for hydroxylation is 1. The molecule has 0 fully saturated rings. The second kappa shape index (κ2) is 14.9. The summed E-state index contributed by atoms with van der Waals surface area (Å²) >= 11 is 0. The van der Waals surface area contributed by atoms with Gasteiger partial charge in [-0.25, -0.2) is 4.79 Å². The topological polar surface area (TPSA) is 97.0 Å². The molecule has 2 rings (SSSR count). The highest BCUT2D eigenvalue weighted by molar-refractivity contribution is 5.99. The Kier molecular flexibility index (Phi) is 12.2. The molecule has 3 atom stereocenters. The number of methoxy groups -OCH3 is 1. The van der Waals surface area contributed by atoms with Gasteiger partial charge in [0.25, 0.3) is 5.91 Å². The van der Waals surface area contributed by atoms with E-state index < -0.39 is 23.8 Å². The summed E-state index contributed by atoms with van der Waals surface area (Å²) in [6.45, 7) is 17.2. The van der Waals surface area contributed by atoms with Crippen molar-refractivity contribution in [2.24, 2.45) is 11.8 Å². The van der Waals surface area contributed by atoms with Crippen molar-refractivity contribution in [1.29, 1.82) is 0 Å². The minimum atomic E-state index is -0.936. The number of alkyl carbamates (subject to hydrolysis) is 1. The highest BCUT2D eigenvalue weighted by atomic mass is 16.6. The molecule has 0 aromatic heterocycles. The van der Waals surface area contributed by atoms with E-state index in [0.29, 0.717) is 23.8 Å². The highest BCUT2D eigenvalue weighted by Gasteiger charge is 2.40. The zero-order valence-electron chi connectivity index (χ0n) is 26.4. The third kappa shape index (κ3) is 10.1. The first kappa shape index (κ1) is 33.7. The first-order valence-corrected chi connectivity index (χ1v) is 14.5. The predicted octanol–water partition coefficient (Wildman–Crippen LogP) is 6.89. The minimum Gasteiger partial charge on any atom is -0.497 e. The Morgan fingerprint density at radius 3 is 2.02 bits per heavy atom. The lowest BCUT2D eigenvalue weighted by atomic mass is 9.93. The maximum Gasteiger partial charge on any atom is 0.408 e. The predicted molar refractivity (Wildman–Crippen MR) is 164 cm³/mol. The molecular formula is C33H49N3O5. The number of carbonyl (C=O) groups is 3. The van der Waals surface area contributed by atoms with Crippen LogP contribution in [0.2, 0.25) is 0 Å². The fourth-order valence-electron chi connectivity index (χ4n) is 4.62. The molecule has 0 aliphatic heterocycles. The molecule has 2 N–H and O–H groups in total. The molecule has 2 aromatic carbocycles. The summed E-state index contributed by atoms with van der Waals surface area (Å²) in [6, 6.07) is 12.5. The van der Waals surface area contributed by atoms with E-state index in [1.54, 1.807) is 57.0 Å². The molecule has 0 spiro atoms. The van der Waals surface area contributed by atoms with Gasteiger partial charge in [0, 0.05) is 11.7 Å². The third-order valence-corrected chi connectivity index (χ3v) is 6.86. The van der Waals surface area contributed by atoms with E-state index in [1.165, 1.54) is 0 Å². The second-order valence-corrected chi connectivity index (χ2v) is 12.4. The SMILES string of the molecule is COc1ccc(NC(=O)C(c2ccccc2C)N(C(=O)C(NC(=O)OC(C)(C)C)C(C)C)C(C)CCC(C)C)cc1. The Morgan fingerprint density at radius 2 is 1.51 bits per heavy atom. The van der Waals surface area contributed by atoms with E-state index in [4.69, 9.17) is 9.47 Å². The maximum atomic E-state index is 14.5. The van der Waals surface area contributed by atoms with Crippen LogP contribution in [0.25, 0.3) is 0 Å². The van der Waals surface area contributed by atoms with Crippen molar-refractivity contribution < 1.29 is 23.9 Å². The molecule has 0 aliphatic rings. The van der Waals surface area contributed by atoms with Crippen molar-refractivity contribution in [3.8, 4) is 5.75 Å². The summed E-state index contributed by atoms with van der Waals surface area (Å²) < 4.78 is 10.7. The van der Waals surface area contributed by atoms with Crippen LogP contribution < -0.4 is 15.4 Å². The Bertz CT molecular complexity index is 1150. The Hall–Kier alpha value is -3.55. The van der Waals surface area contributed by atoms with Crippen LogP contribution in [0.5, 0.6) is 5.75 Å². The van der Waals surface area contributed by atoms with E-state index in [9.17, 15) is 14.4 Å². The fraction of sp³-hybridized carbons (Fsp3) is 0.545. The zero-order valence-corrected chi connectivity index (χ0v) is 26.4. The number of amides is 3. The van der Waals surface area contributed by atoms with Gasteiger partial charge in [0.05, 0.1) is 7.11 Å². The van der Waals surface area contributed by atoms with Crippen LogP contribution in [0.1, 0.15) is 85.4 Å². The zero-order chi connectivity index (χ0) is 30.9. The number of nitrogens with one attached hydrogen (secondary N) is 2. The molecule has 226 valence electrons. The van der Waals surface area contributed by atoms with Gasteiger partial charge in [-0.3, -0.25) is 9.59 Å². The number of hydrogen-bond donors (Lipinski definition) is 2. The lowest BCUT2D eigenvalue weighted by Gasteiger charge is -2.40. The summed E-state index contributed by atoms with van der Waals surface area (Å²) in [6.07, 6.45) is 0.894. The Morgan fingerprint density at radius 1 is 0.902 bits per heavy atom. The summed E-state index contributed by atoms with van der Waals surface area (Å²) in [5.74, 6) is 0.164. The summed E-state index contributed by atoms with van der Waals surface area (Å²) in [5.41, 5.74) is 1.48. The minimum absolute atomic E-state index is 0.253. The number of benzene rings is 2. The Balaban J connectivity index is 2.61. The van der Waals surface area contributed by atoms with Gasteiger partial charge >= 0.3 is 6.09 Å². The molecule has 8 heteroatoms. The van der Waals surface area contributed by atoms with Crippen molar-refractivity contribution in [2.45, 2.75) is 98.9 Å². The smallest absolute Gasteiger partial charge is 0.408 e. The summed E-state index contributed by atoms with van der Waals surface area (Å²) in [5, 5.41) is 5.81. The number of carbonyl (C=O) groups excluding carboxylic acids is 3. The maximum absolute atomic E-state index is 14.5. The van der Waals surface area contributed by atoms with Crippen LogP contribution in [-0.4, -0.2) is 47.6 Å². The van der Waals surface area contributed by atoms with Crippen LogP contribution >= 0.6 is 0 Å². The molecule has 41 heavy (non-hydrogen) atoms. The molecular weight excluding hydrogens is 518 g/mol. The average Bonchev–Trinajstić information content (AvgIpc) is 2.88. The van der Waals surface area contributed by atoms with Gasteiger partial charge in [-0.2, -0.15) is 0 Å². The first-order valence-electron chi connectivity index (χ1n) is 14.5. The quantitative estimate of drug-likeness (QED) is 0.291. The molecule has 0 saturated carbocycles. The van der Waals surface area contributed by atoms with E-state index in [0.717, 1.165) is 17.5 Å². The third-order valence-electron chi connectivity index (χ3n) is 6.86. The molecule has 0 heterocycles. The number of rotatable bonds is 12. The van der Waals surface area contributed by atoms with E-state index >= 15 is 0 Å². The van der Waals surface area contributed by atoms with Gasteiger partial charge in [-0.15, -0.1) is 0 Å². The molecule has 8 nitrogen and oxygen atoms in total.